The van der Waals surface area contributed by atoms with Gasteiger partial charge in [0.25, 0.3) is 0 Å². The lowest BCUT2D eigenvalue weighted by molar-refractivity contribution is 0.500. The average Bonchev–Trinajstić information content (AvgIpc) is 2.40. The molecule has 1 N–H and O–H groups in total. The van der Waals surface area contributed by atoms with Gasteiger partial charge in [0.2, 0.25) is 0 Å². The zero-order valence-electron chi connectivity index (χ0n) is 9.90. The van der Waals surface area contributed by atoms with Gasteiger partial charge in [-0.25, -0.2) is 18.7 Å². The van der Waals surface area contributed by atoms with Gasteiger partial charge in [0.15, 0.2) is 11.6 Å². The van der Waals surface area contributed by atoms with E-state index in [0.717, 1.165) is 11.8 Å². The van der Waals surface area contributed by atoms with Crippen LogP contribution in [0.2, 0.25) is 0 Å². The second kappa shape index (κ2) is 5.64. The van der Waals surface area contributed by atoms with Crippen LogP contribution in [0.4, 0.5) is 8.78 Å². The Balaban J connectivity index is 1.99. The van der Waals surface area contributed by atoms with Gasteiger partial charge in [-0.15, -0.1) is 0 Å². The predicted molar refractivity (Wildman–Crippen MR) is 63.6 cm³/mol. The van der Waals surface area contributed by atoms with Gasteiger partial charge < -0.3 is 5.32 Å². The Morgan fingerprint density at radius 3 is 2.72 bits per heavy atom. The molecule has 5 heteroatoms. The van der Waals surface area contributed by atoms with E-state index in [2.05, 4.69) is 15.3 Å². The first kappa shape index (κ1) is 12.6. The van der Waals surface area contributed by atoms with Gasteiger partial charge in [-0.2, -0.15) is 0 Å². The first-order chi connectivity index (χ1) is 8.66. The van der Waals surface area contributed by atoms with E-state index in [0.29, 0.717) is 12.1 Å². The minimum absolute atomic E-state index is 0.0879. The number of nitrogens with one attached hydrogen (secondary N) is 1. The van der Waals surface area contributed by atoms with Gasteiger partial charge in [-0.3, -0.25) is 0 Å². The van der Waals surface area contributed by atoms with E-state index < -0.39 is 11.6 Å². The highest BCUT2D eigenvalue weighted by molar-refractivity contribution is 5.20. The highest BCUT2D eigenvalue weighted by Gasteiger charge is 2.08. The maximum atomic E-state index is 13.1. The van der Waals surface area contributed by atoms with Gasteiger partial charge >= 0.3 is 0 Å². The Labute approximate surface area is 104 Å². The maximum Gasteiger partial charge on any atom is 0.159 e. The topological polar surface area (TPSA) is 37.8 Å². The van der Waals surface area contributed by atoms with Crippen LogP contribution in [-0.4, -0.2) is 9.97 Å². The SMILES string of the molecule is CC(NCc1ccncn1)c1ccc(F)c(F)c1. The Kier molecular flexibility index (Phi) is 3.94. The fourth-order valence-electron chi connectivity index (χ4n) is 1.58. The van der Waals surface area contributed by atoms with Crippen molar-refractivity contribution in [1.29, 1.82) is 0 Å². The summed E-state index contributed by atoms with van der Waals surface area (Å²) in [5.74, 6) is -1.66. The van der Waals surface area contributed by atoms with E-state index in [9.17, 15) is 8.78 Å². The summed E-state index contributed by atoms with van der Waals surface area (Å²) >= 11 is 0. The van der Waals surface area contributed by atoms with Crippen LogP contribution in [0.5, 0.6) is 0 Å². The number of benzene rings is 1. The van der Waals surface area contributed by atoms with Crippen molar-refractivity contribution >= 4 is 0 Å². The largest absolute Gasteiger partial charge is 0.305 e. The monoisotopic (exact) mass is 249 g/mol. The van der Waals surface area contributed by atoms with Crippen LogP contribution < -0.4 is 5.32 Å². The molecule has 0 amide bonds. The van der Waals surface area contributed by atoms with E-state index in [4.69, 9.17) is 0 Å². The quantitative estimate of drug-likeness (QED) is 0.905. The van der Waals surface area contributed by atoms with Crippen molar-refractivity contribution in [2.75, 3.05) is 0 Å². The highest BCUT2D eigenvalue weighted by Crippen LogP contribution is 2.16. The molecule has 3 nitrogen and oxygen atoms in total. The Hall–Kier alpha value is -1.88. The minimum Gasteiger partial charge on any atom is -0.305 e. The Morgan fingerprint density at radius 1 is 1.22 bits per heavy atom. The van der Waals surface area contributed by atoms with Crippen LogP contribution in [0.15, 0.2) is 36.8 Å². The fraction of sp³-hybridized carbons (Fsp3) is 0.231. The van der Waals surface area contributed by atoms with Crippen LogP contribution in [0.1, 0.15) is 24.2 Å². The van der Waals surface area contributed by atoms with Gasteiger partial charge in [-0.1, -0.05) is 6.07 Å². The van der Waals surface area contributed by atoms with Crippen LogP contribution in [0, 0.1) is 11.6 Å². The molecule has 0 radical (unpaired) electrons. The van der Waals surface area contributed by atoms with Crippen molar-refractivity contribution in [3.63, 3.8) is 0 Å². The molecule has 94 valence electrons. The summed E-state index contributed by atoms with van der Waals surface area (Å²) in [7, 11) is 0. The number of hydrogen-bond acceptors (Lipinski definition) is 3. The maximum absolute atomic E-state index is 13.1. The standard InChI is InChI=1S/C13H13F2N3/c1-9(10-2-3-12(14)13(15)6-10)17-7-11-4-5-16-8-18-11/h2-6,8-9,17H,7H2,1H3. The van der Waals surface area contributed by atoms with Crippen molar-refractivity contribution in [1.82, 2.24) is 15.3 Å². The van der Waals surface area contributed by atoms with Crippen LogP contribution >= 0.6 is 0 Å². The lowest BCUT2D eigenvalue weighted by atomic mass is 10.1. The Bertz CT molecular complexity index is 517. The first-order valence-corrected chi connectivity index (χ1v) is 5.60. The summed E-state index contributed by atoms with van der Waals surface area (Å²) in [5, 5.41) is 3.18. The molecule has 1 heterocycles. The molecule has 1 unspecified atom stereocenters. The number of rotatable bonds is 4. The molecule has 0 saturated carbocycles. The number of hydrogen-bond donors (Lipinski definition) is 1. The molecule has 2 rings (SSSR count). The van der Waals surface area contributed by atoms with Crippen molar-refractivity contribution < 1.29 is 8.78 Å². The number of nitrogens with zero attached hydrogens (tertiary/aromatic N) is 2. The fourth-order valence-corrected chi connectivity index (χ4v) is 1.58. The number of halogens is 2. The third-order valence-corrected chi connectivity index (χ3v) is 2.68. The summed E-state index contributed by atoms with van der Waals surface area (Å²) in [5.41, 5.74) is 1.54. The van der Waals surface area contributed by atoms with E-state index in [-0.39, 0.29) is 6.04 Å². The van der Waals surface area contributed by atoms with Crippen LogP contribution in [0.3, 0.4) is 0 Å². The molecule has 1 atom stereocenters. The van der Waals surface area contributed by atoms with Gasteiger partial charge in [0.05, 0.1) is 5.69 Å². The second-order valence-corrected chi connectivity index (χ2v) is 3.98. The normalized spacial score (nSPS) is 12.4. The third kappa shape index (κ3) is 3.07. The van der Waals surface area contributed by atoms with E-state index in [1.807, 2.05) is 6.92 Å². The molecule has 0 bridgehead atoms. The molecule has 1 aromatic carbocycles. The van der Waals surface area contributed by atoms with E-state index in [1.54, 1.807) is 18.3 Å². The summed E-state index contributed by atoms with van der Waals surface area (Å²) in [6.07, 6.45) is 3.13. The molecular formula is C13H13F2N3. The molecule has 0 aliphatic carbocycles. The molecule has 0 aliphatic rings. The smallest absolute Gasteiger partial charge is 0.159 e. The molecule has 1 aromatic heterocycles. The molecule has 0 fully saturated rings. The molecule has 0 aliphatic heterocycles. The van der Waals surface area contributed by atoms with Gasteiger partial charge in [0, 0.05) is 18.8 Å². The molecule has 0 spiro atoms. The van der Waals surface area contributed by atoms with E-state index in [1.165, 1.54) is 12.4 Å². The molecule has 2 aromatic rings. The summed E-state index contributed by atoms with van der Waals surface area (Å²) in [4.78, 5) is 7.89. The van der Waals surface area contributed by atoms with Crippen LogP contribution in [0.25, 0.3) is 0 Å². The van der Waals surface area contributed by atoms with Crippen molar-refractivity contribution in [2.24, 2.45) is 0 Å². The van der Waals surface area contributed by atoms with Crippen LogP contribution in [-0.2, 0) is 6.54 Å². The van der Waals surface area contributed by atoms with Crippen molar-refractivity contribution in [2.45, 2.75) is 19.5 Å². The minimum atomic E-state index is -0.832. The lowest BCUT2D eigenvalue weighted by Crippen LogP contribution is -2.19. The predicted octanol–water partition coefficient (Wildman–Crippen LogP) is 2.61. The lowest BCUT2D eigenvalue weighted by Gasteiger charge is -2.14. The first-order valence-electron chi connectivity index (χ1n) is 5.60. The zero-order chi connectivity index (χ0) is 13.0. The number of aromatic nitrogens is 2. The Morgan fingerprint density at radius 2 is 2.06 bits per heavy atom. The third-order valence-electron chi connectivity index (χ3n) is 2.68. The van der Waals surface area contributed by atoms with Crippen molar-refractivity contribution in [3.05, 3.63) is 59.7 Å². The van der Waals surface area contributed by atoms with Gasteiger partial charge in [-0.05, 0) is 30.7 Å². The van der Waals surface area contributed by atoms with Gasteiger partial charge in [0.1, 0.15) is 6.33 Å². The highest BCUT2D eigenvalue weighted by atomic mass is 19.2. The van der Waals surface area contributed by atoms with E-state index >= 15 is 0 Å². The summed E-state index contributed by atoms with van der Waals surface area (Å²) in [6, 6.07) is 5.61. The molecular weight excluding hydrogens is 236 g/mol. The second-order valence-electron chi connectivity index (χ2n) is 3.98. The zero-order valence-corrected chi connectivity index (χ0v) is 9.90. The summed E-state index contributed by atoms with van der Waals surface area (Å²) in [6.45, 7) is 2.43. The average molecular weight is 249 g/mol. The molecule has 18 heavy (non-hydrogen) atoms. The molecule has 0 saturated heterocycles. The van der Waals surface area contributed by atoms with Crippen molar-refractivity contribution in [3.8, 4) is 0 Å². The summed E-state index contributed by atoms with van der Waals surface area (Å²) < 4.78 is 25.9.